The summed E-state index contributed by atoms with van der Waals surface area (Å²) in [6.07, 6.45) is 1.21. The molecular formula is C37H40N4O8. The summed E-state index contributed by atoms with van der Waals surface area (Å²) in [6, 6.07) is 5.44. The Bertz CT molecular complexity index is 2150. The Hall–Kier alpha value is -5.52. The molecule has 2 aliphatic heterocycles. The van der Waals surface area contributed by atoms with Gasteiger partial charge in [0.1, 0.15) is 5.56 Å². The van der Waals surface area contributed by atoms with E-state index in [0.717, 1.165) is 33.3 Å². The van der Waals surface area contributed by atoms with Crippen molar-refractivity contribution in [1.82, 2.24) is 19.9 Å². The second-order valence-corrected chi connectivity index (χ2v) is 13.2. The van der Waals surface area contributed by atoms with E-state index in [1.165, 1.54) is 0 Å². The summed E-state index contributed by atoms with van der Waals surface area (Å²) in [5, 5.41) is 41.0. The fraction of sp³-hybridized carbons (Fsp3) is 0.351. The van der Waals surface area contributed by atoms with Gasteiger partial charge in [-0.15, -0.1) is 0 Å². The topological polar surface area (TPSA) is 207 Å². The zero-order valence-electron chi connectivity index (χ0n) is 28.4. The number of aromatic nitrogens is 4. The number of aliphatic carboxylic acids is 3. The Kier molecular flexibility index (Phi) is 8.88. The van der Waals surface area contributed by atoms with Gasteiger partial charge in [0.15, 0.2) is 0 Å². The molecule has 256 valence electrons. The minimum Gasteiger partial charge on any atom is -0.481 e. The van der Waals surface area contributed by atoms with Gasteiger partial charge in [-0.05, 0) is 80.5 Å². The maximum Gasteiger partial charge on any atom is 0.339 e. The molecular weight excluding hydrogens is 628 g/mol. The summed E-state index contributed by atoms with van der Waals surface area (Å²) < 4.78 is 0. The van der Waals surface area contributed by atoms with E-state index in [2.05, 4.69) is 21.5 Å². The molecule has 5 heterocycles. The number of aromatic carboxylic acids is 1. The van der Waals surface area contributed by atoms with Gasteiger partial charge in [0.2, 0.25) is 0 Å². The molecule has 12 heteroatoms. The van der Waals surface area contributed by atoms with Crippen LogP contribution in [0, 0.1) is 13.8 Å². The summed E-state index contributed by atoms with van der Waals surface area (Å²) in [6.45, 7) is 15.0. The van der Waals surface area contributed by atoms with Crippen LogP contribution >= 0.6 is 0 Å². The molecule has 0 atom stereocenters. The molecule has 6 N–H and O–H groups in total. The van der Waals surface area contributed by atoms with Gasteiger partial charge in [0, 0.05) is 57.0 Å². The minimum atomic E-state index is -1.52. The number of rotatable bonds is 10. The van der Waals surface area contributed by atoms with E-state index in [-0.39, 0.29) is 41.1 Å². The molecule has 0 saturated carbocycles. The third-order valence-electron chi connectivity index (χ3n) is 10.4. The van der Waals surface area contributed by atoms with Crippen LogP contribution in [0.25, 0.3) is 39.3 Å². The van der Waals surface area contributed by atoms with Crippen molar-refractivity contribution >= 4 is 63.2 Å². The molecule has 0 unspecified atom stereocenters. The van der Waals surface area contributed by atoms with Crippen molar-refractivity contribution in [3.63, 3.8) is 0 Å². The number of carboxylic acids is 4. The molecule has 49 heavy (non-hydrogen) atoms. The zero-order valence-corrected chi connectivity index (χ0v) is 28.4. The van der Waals surface area contributed by atoms with Crippen molar-refractivity contribution in [1.29, 1.82) is 0 Å². The summed E-state index contributed by atoms with van der Waals surface area (Å²) in [5.74, 6) is -5.24. The molecule has 3 aromatic rings. The molecule has 0 aromatic carbocycles. The minimum absolute atomic E-state index is 0.107. The maximum atomic E-state index is 13.4. The fourth-order valence-electron chi connectivity index (χ4n) is 7.50. The lowest BCUT2D eigenvalue weighted by Gasteiger charge is -2.42. The number of H-pyrrole nitrogens is 2. The molecule has 5 rings (SSSR count). The summed E-state index contributed by atoms with van der Waals surface area (Å²) in [7, 11) is 0. The first-order valence-corrected chi connectivity index (χ1v) is 16.0. The van der Waals surface area contributed by atoms with E-state index in [0.29, 0.717) is 23.1 Å². The van der Waals surface area contributed by atoms with Crippen LogP contribution in [0.4, 0.5) is 0 Å². The van der Waals surface area contributed by atoms with Gasteiger partial charge < -0.3 is 30.4 Å². The van der Waals surface area contributed by atoms with Crippen LogP contribution in [0.5, 0.6) is 0 Å². The standard InChI is InChI=1S/C37H40N4O8/c1-8-20-17(3)22-14-25-21(9-2)18(4)24(39-25)16-27-36(6,7)37(12-10-28(42)43,13-11-29(44)45)33(41-27)31(35(48)49)32-30(34(46)47)19(5)23(40-32)15-26(20)38-22/h9,14-16,38-39H,2,8,10-13H2,1,3-7H3,(H,42,43)(H,44,45)(H,46,47)(H,48,49). The number of nitrogens with zero attached hydrogens (tertiary/aromatic N) is 2. The monoisotopic (exact) mass is 668 g/mol. The van der Waals surface area contributed by atoms with Gasteiger partial charge in [0.05, 0.1) is 22.7 Å². The SMILES string of the molecule is C=Cc1c(C)c2cc3nc(c(C(=O)O)c4nc(cc5[nH]c(cc1[nH]2)c(C)c5CC)C(C)=C4C(=O)O)C(CCC(=O)O)(CCC(=O)O)C3(C)C. The highest BCUT2D eigenvalue weighted by Gasteiger charge is 2.55. The van der Waals surface area contributed by atoms with Gasteiger partial charge in [-0.25, -0.2) is 14.6 Å². The number of hydrogen-bond donors (Lipinski definition) is 6. The van der Waals surface area contributed by atoms with Crippen molar-refractivity contribution < 1.29 is 39.6 Å². The van der Waals surface area contributed by atoms with Crippen LogP contribution in [-0.2, 0) is 31.6 Å². The summed E-state index contributed by atoms with van der Waals surface area (Å²) >= 11 is 0. The van der Waals surface area contributed by atoms with E-state index in [9.17, 15) is 39.6 Å². The van der Waals surface area contributed by atoms with Crippen LogP contribution < -0.4 is 0 Å². The van der Waals surface area contributed by atoms with Crippen LogP contribution in [0.3, 0.4) is 0 Å². The maximum absolute atomic E-state index is 13.4. The number of carboxylic acid groups (broad SMARTS) is 4. The highest BCUT2D eigenvalue weighted by atomic mass is 16.4. The van der Waals surface area contributed by atoms with Crippen molar-refractivity contribution in [2.45, 2.75) is 84.5 Å². The van der Waals surface area contributed by atoms with Crippen molar-refractivity contribution in [2.24, 2.45) is 0 Å². The first-order chi connectivity index (χ1) is 23.0. The Morgan fingerprint density at radius 3 is 1.94 bits per heavy atom. The summed E-state index contributed by atoms with van der Waals surface area (Å²) in [5.41, 5.74) is 3.48. The van der Waals surface area contributed by atoms with Crippen molar-refractivity contribution in [2.75, 3.05) is 0 Å². The number of fused-ring (bicyclic) bond motifs is 8. The first-order valence-electron chi connectivity index (χ1n) is 16.0. The van der Waals surface area contributed by atoms with Crippen LogP contribution in [0.15, 0.2) is 24.8 Å². The Balaban J connectivity index is 2.13. The molecule has 0 spiro atoms. The second kappa shape index (κ2) is 12.5. The van der Waals surface area contributed by atoms with Gasteiger partial charge in [-0.2, -0.15) is 0 Å². The first kappa shape index (κ1) is 34.8. The average Bonchev–Trinajstić information content (AvgIpc) is 3.65. The smallest absolute Gasteiger partial charge is 0.339 e. The van der Waals surface area contributed by atoms with Crippen LogP contribution in [0.2, 0.25) is 0 Å². The lowest BCUT2D eigenvalue weighted by molar-refractivity contribution is -0.137. The zero-order chi connectivity index (χ0) is 36.2. The normalized spacial score (nSPS) is 14.9. The third kappa shape index (κ3) is 5.60. The third-order valence-corrected chi connectivity index (χ3v) is 10.4. The molecule has 0 radical (unpaired) electrons. The molecule has 0 amide bonds. The summed E-state index contributed by atoms with van der Waals surface area (Å²) in [4.78, 5) is 66.8. The van der Waals surface area contributed by atoms with E-state index in [1.807, 2.05) is 26.8 Å². The Labute approximate surface area is 282 Å². The number of aryl methyl sites for hydroxylation is 3. The van der Waals surface area contributed by atoms with E-state index in [1.54, 1.807) is 39.0 Å². The largest absolute Gasteiger partial charge is 0.481 e. The molecule has 12 nitrogen and oxygen atoms in total. The molecule has 2 aliphatic rings. The predicted octanol–water partition coefficient (Wildman–Crippen LogP) is 6.80. The fourth-order valence-corrected chi connectivity index (χ4v) is 7.50. The predicted molar refractivity (Wildman–Crippen MR) is 185 cm³/mol. The van der Waals surface area contributed by atoms with Crippen LogP contribution in [0.1, 0.15) is 109 Å². The molecule has 3 aromatic heterocycles. The highest BCUT2D eigenvalue weighted by molar-refractivity contribution is 6.26. The number of carbonyl (C=O) groups is 4. The number of hydrogen-bond acceptors (Lipinski definition) is 6. The number of aromatic amines is 2. The van der Waals surface area contributed by atoms with Gasteiger partial charge in [0.25, 0.3) is 0 Å². The molecule has 0 saturated heterocycles. The van der Waals surface area contributed by atoms with E-state index >= 15 is 0 Å². The molecule has 8 bridgehead atoms. The Morgan fingerprint density at radius 2 is 1.41 bits per heavy atom. The van der Waals surface area contributed by atoms with E-state index in [4.69, 9.17) is 4.98 Å². The second-order valence-electron chi connectivity index (χ2n) is 13.2. The lowest BCUT2D eigenvalue weighted by atomic mass is 9.59. The lowest BCUT2D eigenvalue weighted by Crippen LogP contribution is -2.43. The number of nitrogens with one attached hydrogen (secondary N) is 2. The quantitative estimate of drug-likeness (QED) is 0.133. The van der Waals surface area contributed by atoms with Gasteiger partial charge >= 0.3 is 23.9 Å². The van der Waals surface area contributed by atoms with E-state index < -0.39 is 53.1 Å². The number of allylic oxidation sites excluding steroid dienone is 1. The average molecular weight is 669 g/mol. The van der Waals surface area contributed by atoms with Crippen molar-refractivity contribution in [3.05, 3.63) is 75.4 Å². The van der Waals surface area contributed by atoms with Gasteiger partial charge in [-0.3, -0.25) is 14.6 Å². The molecule has 0 aliphatic carbocycles. The van der Waals surface area contributed by atoms with Crippen molar-refractivity contribution in [3.8, 4) is 0 Å². The van der Waals surface area contributed by atoms with Gasteiger partial charge in [-0.1, -0.05) is 33.4 Å². The highest BCUT2D eigenvalue weighted by Crippen LogP contribution is 2.54. The Morgan fingerprint density at radius 1 is 0.816 bits per heavy atom. The molecule has 0 fully saturated rings. The van der Waals surface area contributed by atoms with Crippen LogP contribution in [-0.4, -0.2) is 64.2 Å².